The molecule has 4 aromatic rings. The molecule has 0 saturated carbocycles. The molecule has 0 spiro atoms. The summed E-state index contributed by atoms with van der Waals surface area (Å²) in [6, 6.07) is 17.3. The number of anilines is 1. The van der Waals surface area contributed by atoms with Crippen LogP contribution in [0.25, 0.3) is 5.65 Å². The van der Waals surface area contributed by atoms with Crippen LogP contribution in [0.15, 0.2) is 66.2 Å². The Kier molecular flexibility index (Phi) is 3.80. The first-order chi connectivity index (χ1) is 11.8. The third-order valence-corrected chi connectivity index (χ3v) is 4.57. The minimum absolute atomic E-state index is 0.0822. The van der Waals surface area contributed by atoms with E-state index in [-0.39, 0.29) is 5.91 Å². The molecule has 0 aliphatic carbocycles. The van der Waals surface area contributed by atoms with Gasteiger partial charge in [-0.25, -0.2) is 0 Å². The van der Waals surface area contributed by atoms with Crippen LogP contribution >= 0.6 is 11.3 Å². The lowest BCUT2D eigenvalue weighted by Gasteiger charge is -2.05. The Hall–Kier alpha value is -2.99. The van der Waals surface area contributed by atoms with Crippen molar-refractivity contribution >= 4 is 28.6 Å². The molecule has 1 N–H and O–H groups in total. The highest BCUT2D eigenvalue weighted by Gasteiger charge is 2.08. The van der Waals surface area contributed by atoms with E-state index in [0.29, 0.717) is 11.3 Å². The number of nitrogens with one attached hydrogen (secondary N) is 1. The number of rotatable bonds is 4. The number of carbonyl (C=O) groups excluding carboxylic acids is 1. The molecule has 6 heteroatoms. The molecule has 0 fully saturated rings. The molecular formula is C18H14N4OS. The summed E-state index contributed by atoms with van der Waals surface area (Å²) in [6.07, 6.45) is 2.64. The number of benzene rings is 1. The molecule has 0 aliphatic rings. The lowest BCUT2D eigenvalue weighted by Crippen LogP contribution is -2.09. The monoisotopic (exact) mass is 334 g/mol. The lowest BCUT2D eigenvalue weighted by molar-refractivity contribution is 0.103. The van der Waals surface area contributed by atoms with Gasteiger partial charge >= 0.3 is 0 Å². The van der Waals surface area contributed by atoms with Crippen molar-refractivity contribution in [2.75, 3.05) is 5.32 Å². The summed E-state index contributed by atoms with van der Waals surface area (Å²) in [5, 5.41) is 13.2. The zero-order chi connectivity index (χ0) is 16.4. The van der Waals surface area contributed by atoms with Gasteiger partial charge in [0.2, 0.25) is 0 Å². The molecule has 0 atom stereocenters. The molecule has 0 saturated heterocycles. The predicted octanol–water partition coefficient (Wildman–Crippen LogP) is 3.63. The first kappa shape index (κ1) is 14.6. The number of hydrogen-bond acceptors (Lipinski definition) is 4. The van der Waals surface area contributed by atoms with Gasteiger partial charge in [-0.2, -0.15) is 0 Å². The standard InChI is InChI=1S/C18H14N4OS/c23-18(15-4-3-11-24-15)19-14-8-6-13(7-9-14)12-17-21-20-16-5-1-2-10-22(16)17/h1-11H,12H2,(H,19,23). The van der Waals surface area contributed by atoms with Gasteiger partial charge in [0.25, 0.3) is 5.91 Å². The summed E-state index contributed by atoms with van der Waals surface area (Å²) in [6.45, 7) is 0. The van der Waals surface area contributed by atoms with E-state index in [1.54, 1.807) is 0 Å². The number of aromatic nitrogens is 3. The second-order valence-electron chi connectivity index (χ2n) is 5.35. The van der Waals surface area contributed by atoms with Crippen molar-refractivity contribution in [1.82, 2.24) is 14.6 Å². The highest BCUT2D eigenvalue weighted by Crippen LogP contribution is 2.16. The van der Waals surface area contributed by atoms with Gasteiger partial charge in [0.05, 0.1) is 4.88 Å². The van der Waals surface area contributed by atoms with Gasteiger partial charge in [-0.3, -0.25) is 9.20 Å². The Labute approximate surface area is 142 Å². The SMILES string of the molecule is O=C(Nc1ccc(Cc2nnc3ccccn23)cc1)c1cccs1. The first-order valence-electron chi connectivity index (χ1n) is 7.52. The molecule has 1 aromatic carbocycles. The van der Waals surface area contributed by atoms with Crippen LogP contribution < -0.4 is 5.32 Å². The molecule has 0 radical (unpaired) electrons. The number of carbonyl (C=O) groups is 1. The number of amides is 1. The summed E-state index contributed by atoms with van der Waals surface area (Å²) in [7, 11) is 0. The zero-order valence-corrected chi connectivity index (χ0v) is 13.5. The van der Waals surface area contributed by atoms with Gasteiger partial charge < -0.3 is 5.32 Å². The van der Waals surface area contributed by atoms with E-state index in [9.17, 15) is 4.79 Å². The minimum Gasteiger partial charge on any atom is -0.321 e. The topological polar surface area (TPSA) is 59.3 Å². The molecule has 24 heavy (non-hydrogen) atoms. The Morgan fingerprint density at radius 1 is 1.04 bits per heavy atom. The van der Waals surface area contributed by atoms with Crippen molar-refractivity contribution in [3.63, 3.8) is 0 Å². The van der Waals surface area contributed by atoms with Crippen LogP contribution in [0.1, 0.15) is 21.1 Å². The van der Waals surface area contributed by atoms with E-state index in [1.165, 1.54) is 11.3 Å². The molecular weight excluding hydrogens is 320 g/mol. The summed E-state index contributed by atoms with van der Waals surface area (Å²) >= 11 is 1.43. The van der Waals surface area contributed by atoms with Crippen molar-refractivity contribution in [2.24, 2.45) is 0 Å². The summed E-state index contributed by atoms with van der Waals surface area (Å²) in [5.41, 5.74) is 2.73. The van der Waals surface area contributed by atoms with E-state index < -0.39 is 0 Å². The quantitative estimate of drug-likeness (QED) is 0.620. The van der Waals surface area contributed by atoms with E-state index in [2.05, 4.69) is 15.5 Å². The molecule has 0 aliphatic heterocycles. The second-order valence-corrected chi connectivity index (χ2v) is 6.30. The predicted molar refractivity (Wildman–Crippen MR) is 94.5 cm³/mol. The van der Waals surface area contributed by atoms with Crippen molar-refractivity contribution in [1.29, 1.82) is 0 Å². The maximum absolute atomic E-state index is 12.0. The van der Waals surface area contributed by atoms with Crippen LogP contribution in [-0.2, 0) is 6.42 Å². The summed E-state index contributed by atoms with van der Waals surface area (Å²) in [5.74, 6) is 0.808. The van der Waals surface area contributed by atoms with Crippen LogP contribution in [-0.4, -0.2) is 20.5 Å². The van der Waals surface area contributed by atoms with Crippen LogP contribution in [0.4, 0.5) is 5.69 Å². The maximum atomic E-state index is 12.0. The smallest absolute Gasteiger partial charge is 0.265 e. The number of thiophene rings is 1. The van der Waals surface area contributed by atoms with Gasteiger partial charge in [0.15, 0.2) is 5.65 Å². The molecule has 3 aromatic heterocycles. The second kappa shape index (κ2) is 6.25. The van der Waals surface area contributed by atoms with Crippen LogP contribution in [0.5, 0.6) is 0 Å². The van der Waals surface area contributed by atoms with E-state index in [0.717, 1.165) is 22.7 Å². The van der Waals surface area contributed by atoms with Crippen molar-refractivity contribution in [2.45, 2.75) is 6.42 Å². The zero-order valence-electron chi connectivity index (χ0n) is 12.7. The number of hydrogen-bond donors (Lipinski definition) is 1. The largest absolute Gasteiger partial charge is 0.321 e. The van der Waals surface area contributed by atoms with Crippen LogP contribution in [0.2, 0.25) is 0 Å². The summed E-state index contributed by atoms with van der Waals surface area (Å²) in [4.78, 5) is 12.7. The Morgan fingerprint density at radius 3 is 2.71 bits per heavy atom. The fraction of sp³-hybridized carbons (Fsp3) is 0.0556. The maximum Gasteiger partial charge on any atom is 0.265 e. The lowest BCUT2D eigenvalue weighted by atomic mass is 10.1. The average molecular weight is 334 g/mol. The van der Waals surface area contributed by atoms with Crippen molar-refractivity contribution in [3.8, 4) is 0 Å². The first-order valence-corrected chi connectivity index (χ1v) is 8.40. The molecule has 118 valence electrons. The van der Waals surface area contributed by atoms with Gasteiger partial charge in [-0.05, 0) is 41.3 Å². The summed E-state index contributed by atoms with van der Waals surface area (Å²) < 4.78 is 1.98. The molecule has 3 heterocycles. The van der Waals surface area contributed by atoms with E-state index in [1.807, 2.05) is 70.6 Å². The van der Waals surface area contributed by atoms with Gasteiger partial charge in [0.1, 0.15) is 5.82 Å². The minimum atomic E-state index is -0.0822. The highest BCUT2D eigenvalue weighted by molar-refractivity contribution is 7.12. The molecule has 0 bridgehead atoms. The Morgan fingerprint density at radius 2 is 1.92 bits per heavy atom. The third kappa shape index (κ3) is 2.91. The van der Waals surface area contributed by atoms with E-state index >= 15 is 0 Å². The van der Waals surface area contributed by atoms with Gasteiger partial charge in [0, 0.05) is 18.3 Å². The fourth-order valence-electron chi connectivity index (χ4n) is 2.50. The van der Waals surface area contributed by atoms with Gasteiger partial charge in [-0.1, -0.05) is 24.3 Å². The molecule has 0 unspecified atom stereocenters. The Bertz CT molecular complexity index is 974. The highest BCUT2D eigenvalue weighted by atomic mass is 32.1. The average Bonchev–Trinajstić information content (AvgIpc) is 3.27. The molecule has 5 nitrogen and oxygen atoms in total. The Balaban J connectivity index is 1.49. The van der Waals surface area contributed by atoms with Crippen LogP contribution in [0, 0.1) is 0 Å². The molecule has 4 rings (SSSR count). The van der Waals surface area contributed by atoms with E-state index in [4.69, 9.17) is 0 Å². The van der Waals surface area contributed by atoms with Crippen molar-refractivity contribution in [3.05, 3.63) is 82.4 Å². The normalized spacial score (nSPS) is 10.8. The van der Waals surface area contributed by atoms with Crippen molar-refractivity contribution < 1.29 is 4.79 Å². The van der Waals surface area contributed by atoms with Crippen LogP contribution in [0.3, 0.4) is 0 Å². The number of nitrogens with zero attached hydrogens (tertiary/aromatic N) is 3. The fourth-order valence-corrected chi connectivity index (χ4v) is 3.12. The molecule has 1 amide bonds. The number of fused-ring (bicyclic) bond motifs is 1. The third-order valence-electron chi connectivity index (χ3n) is 3.70. The van der Waals surface area contributed by atoms with Gasteiger partial charge in [-0.15, -0.1) is 21.5 Å². The number of pyridine rings is 1.